The number of aromatic nitrogens is 2. The van der Waals surface area contributed by atoms with Gasteiger partial charge in [0.25, 0.3) is 0 Å². The van der Waals surface area contributed by atoms with E-state index in [-0.39, 0.29) is 12.3 Å². The van der Waals surface area contributed by atoms with Crippen LogP contribution in [-0.2, 0) is 11.2 Å². The highest BCUT2D eigenvalue weighted by molar-refractivity contribution is 5.91. The van der Waals surface area contributed by atoms with Crippen LogP contribution in [0.4, 0.5) is 11.4 Å². The van der Waals surface area contributed by atoms with E-state index in [0.29, 0.717) is 23.9 Å². The second kappa shape index (κ2) is 7.65. The van der Waals surface area contributed by atoms with Gasteiger partial charge in [0, 0.05) is 37.3 Å². The van der Waals surface area contributed by atoms with Crippen LogP contribution in [0.5, 0.6) is 0 Å². The summed E-state index contributed by atoms with van der Waals surface area (Å²) in [5.41, 5.74) is 3.23. The molecule has 3 aromatic rings. The Balaban J connectivity index is 1.32. The molecule has 2 aromatic heterocycles. The van der Waals surface area contributed by atoms with Gasteiger partial charge in [-0.15, -0.1) is 0 Å². The lowest BCUT2D eigenvalue weighted by atomic mass is 10.1. The van der Waals surface area contributed by atoms with Crippen LogP contribution in [0.15, 0.2) is 45.5 Å². The van der Waals surface area contributed by atoms with Crippen LogP contribution < -0.4 is 10.2 Å². The largest absolute Gasteiger partial charge is 0.461 e. The summed E-state index contributed by atoms with van der Waals surface area (Å²) < 4.78 is 10.4. The van der Waals surface area contributed by atoms with Gasteiger partial charge in [0.15, 0.2) is 5.76 Å². The number of nitrogens with one attached hydrogen (secondary N) is 1. The summed E-state index contributed by atoms with van der Waals surface area (Å²) in [7, 11) is 0. The van der Waals surface area contributed by atoms with E-state index in [9.17, 15) is 4.79 Å². The smallest absolute Gasteiger partial charge is 0.238 e. The van der Waals surface area contributed by atoms with Gasteiger partial charge in [-0.1, -0.05) is 5.16 Å². The van der Waals surface area contributed by atoms with E-state index in [0.717, 1.165) is 18.8 Å². The molecule has 1 saturated heterocycles. The average Bonchev–Trinajstić information content (AvgIpc) is 3.41. The molecule has 27 heavy (non-hydrogen) atoms. The van der Waals surface area contributed by atoms with Crippen molar-refractivity contribution in [2.75, 3.05) is 23.3 Å². The zero-order valence-electron chi connectivity index (χ0n) is 15.3. The van der Waals surface area contributed by atoms with Crippen molar-refractivity contribution in [3.8, 4) is 11.6 Å². The number of furan rings is 1. The summed E-state index contributed by atoms with van der Waals surface area (Å²) in [5, 5.41) is 6.80. The van der Waals surface area contributed by atoms with E-state index in [4.69, 9.17) is 8.94 Å². The molecular weight excluding hydrogens is 344 g/mol. The predicted molar refractivity (Wildman–Crippen MR) is 102 cm³/mol. The molecule has 3 heterocycles. The van der Waals surface area contributed by atoms with Crippen molar-refractivity contribution in [2.24, 2.45) is 0 Å². The first-order valence-corrected chi connectivity index (χ1v) is 9.21. The third-order valence-corrected chi connectivity index (χ3v) is 4.70. The highest BCUT2D eigenvalue weighted by atomic mass is 16.5. The molecule has 140 valence electrons. The summed E-state index contributed by atoms with van der Waals surface area (Å²) >= 11 is 0. The van der Waals surface area contributed by atoms with Gasteiger partial charge >= 0.3 is 0 Å². The third kappa shape index (κ3) is 4.02. The first-order chi connectivity index (χ1) is 13.2. The lowest BCUT2D eigenvalue weighted by molar-refractivity contribution is -0.116. The van der Waals surface area contributed by atoms with Crippen LogP contribution in [0.3, 0.4) is 0 Å². The summed E-state index contributed by atoms with van der Waals surface area (Å²) in [6.45, 7) is 4.30. The molecule has 1 aromatic carbocycles. The van der Waals surface area contributed by atoms with Crippen LogP contribution in [0, 0.1) is 6.92 Å². The Labute approximate surface area is 157 Å². The maximum atomic E-state index is 12.2. The number of carbonyl (C=O) groups is 1. The molecule has 0 unspecified atom stereocenters. The van der Waals surface area contributed by atoms with E-state index >= 15 is 0 Å². The van der Waals surface area contributed by atoms with E-state index in [1.54, 1.807) is 18.4 Å². The number of hydrogen-bond donors (Lipinski definition) is 1. The summed E-state index contributed by atoms with van der Waals surface area (Å²) in [6, 6.07) is 9.59. The highest BCUT2D eigenvalue weighted by Gasteiger charge is 2.15. The van der Waals surface area contributed by atoms with Gasteiger partial charge in [-0.05, 0) is 55.7 Å². The average molecular weight is 366 g/mol. The van der Waals surface area contributed by atoms with E-state index < -0.39 is 0 Å². The molecule has 0 aliphatic carbocycles. The minimum atomic E-state index is -0.0823. The van der Waals surface area contributed by atoms with Crippen molar-refractivity contribution < 1.29 is 13.7 Å². The molecule has 0 bridgehead atoms. The Kier molecular flexibility index (Phi) is 4.91. The molecule has 0 saturated carbocycles. The van der Waals surface area contributed by atoms with Crippen molar-refractivity contribution in [2.45, 2.75) is 32.6 Å². The van der Waals surface area contributed by atoms with Crippen molar-refractivity contribution in [3.63, 3.8) is 0 Å². The molecule has 7 heteroatoms. The van der Waals surface area contributed by atoms with Gasteiger partial charge in [0.1, 0.15) is 0 Å². The fourth-order valence-electron chi connectivity index (χ4n) is 3.35. The molecule has 7 nitrogen and oxygen atoms in total. The maximum Gasteiger partial charge on any atom is 0.238 e. The molecule has 0 spiro atoms. The van der Waals surface area contributed by atoms with Gasteiger partial charge < -0.3 is 19.2 Å². The Morgan fingerprint density at radius 1 is 1.26 bits per heavy atom. The molecule has 4 rings (SSSR count). The Morgan fingerprint density at radius 2 is 2.11 bits per heavy atom. The Hall–Kier alpha value is -3.09. The normalized spacial score (nSPS) is 13.9. The Morgan fingerprint density at radius 3 is 2.85 bits per heavy atom. The molecule has 1 aliphatic rings. The van der Waals surface area contributed by atoms with Crippen LogP contribution in [0.25, 0.3) is 11.6 Å². The van der Waals surface area contributed by atoms with Crippen LogP contribution in [-0.4, -0.2) is 29.1 Å². The first kappa shape index (κ1) is 17.3. The van der Waals surface area contributed by atoms with Gasteiger partial charge in [0.2, 0.25) is 17.6 Å². The highest BCUT2D eigenvalue weighted by Crippen LogP contribution is 2.26. The van der Waals surface area contributed by atoms with Crippen molar-refractivity contribution in [1.82, 2.24) is 10.1 Å². The molecular formula is C20H22N4O3. The number of anilines is 2. The van der Waals surface area contributed by atoms with Crippen LogP contribution in [0.2, 0.25) is 0 Å². The van der Waals surface area contributed by atoms with E-state index in [2.05, 4.69) is 33.3 Å². The topological polar surface area (TPSA) is 84.4 Å². The lowest BCUT2D eigenvalue weighted by Crippen LogP contribution is -2.19. The summed E-state index contributed by atoms with van der Waals surface area (Å²) in [5.74, 6) is 1.27. The predicted octanol–water partition coefficient (Wildman–Crippen LogP) is 3.81. The monoisotopic (exact) mass is 366 g/mol. The fraction of sp³-hybridized carbons (Fsp3) is 0.350. The van der Waals surface area contributed by atoms with Gasteiger partial charge in [-0.2, -0.15) is 4.98 Å². The number of amides is 1. The number of benzene rings is 1. The van der Waals surface area contributed by atoms with Gasteiger partial charge in [0.05, 0.1) is 6.26 Å². The van der Waals surface area contributed by atoms with Crippen LogP contribution >= 0.6 is 0 Å². The second-order valence-electron chi connectivity index (χ2n) is 6.73. The summed E-state index contributed by atoms with van der Waals surface area (Å²) in [4.78, 5) is 18.9. The van der Waals surface area contributed by atoms with Gasteiger partial charge in [-0.3, -0.25) is 4.79 Å². The minimum Gasteiger partial charge on any atom is -0.461 e. The number of nitrogens with zero attached hydrogens (tertiary/aromatic N) is 3. The maximum absolute atomic E-state index is 12.2. The standard InChI is InChI=1S/C20H22N4O3/c1-14-13-15(6-7-16(14)24-10-2-3-11-24)21-18(25)8-9-19-22-20(23-27-19)17-5-4-12-26-17/h4-7,12-13H,2-3,8-11H2,1H3,(H,21,25). The molecule has 0 radical (unpaired) electrons. The van der Waals surface area contributed by atoms with Crippen molar-refractivity contribution >= 4 is 17.3 Å². The van der Waals surface area contributed by atoms with E-state index in [1.165, 1.54) is 24.1 Å². The van der Waals surface area contributed by atoms with E-state index in [1.807, 2.05) is 12.1 Å². The quantitative estimate of drug-likeness (QED) is 0.714. The second-order valence-corrected chi connectivity index (χ2v) is 6.73. The molecule has 1 fully saturated rings. The molecule has 1 N–H and O–H groups in total. The SMILES string of the molecule is Cc1cc(NC(=O)CCc2nc(-c3ccco3)no2)ccc1N1CCCC1. The zero-order chi connectivity index (χ0) is 18.6. The molecule has 1 amide bonds. The number of rotatable bonds is 6. The number of carbonyl (C=O) groups excluding carboxylic acids is 1. The first-order valence-electron chi connectivity index (χ1n) is 9.21. The third-order valence-electron chi connectivity index (χ3n) is 4.70. The van der Waals surface area contributed by atoms with Crippen molar-refractivity contribution in [3.05, 3.63) is 48.0 Å². The number of hydrogen-bond acceptors (Lipinski definition) is 6. The summed E-state index contributed by atoms with van der Waals surface area (Å²) in [6.07, 6.45) is 4.69. The lowest BCUT2D eigenvalue weighted by Gasteiger charge is -2.20. The van der Waals surface area contributed by atoms with Crippen LogP contribution in [0.1, 0.15) is 30.7 Å². The zero-order valence-corrected chi connectivity index (χ0v) is 15.3. The van der Waals surface area contributed by atoms with Crippen molar-refractivity contribution in [1.29, 1.82) is 0 Å². The molecule has 0 atom stereocenters. The molecule has 1 aliphatic heterocycles. The minimum absolute atomic E-state index is 0.0823. The van der Waals surface area contributed by atoms with Gasteiger partial charge in [-0.25, -0.2) is 0 Å². The Bertz CT molecular complexity index is 911. The fourth-order valence-corrected chi connectivity index (χ4v) is 3.35. The number of aryl methyl sites for hydroxylation is 2.